The maximum atomic E-state index is 13.1. The number of aryl methyl sites for hydroxylation is 4. The minimum Gasteiger partial charge on any atom is -0.279 e. The average Bonchev–Trinajstić information content (AvgIpc) is 2.99. The van der Waals surface area contributed by atoms with Gasteiger partial charge in [-0.05, 0) is 68.7 Å². The van der Waals surface area contributed by atoms with Crippen LogP contribution in [0.15, 0.2) is 53.4 Å². The fourth-order valence-electron chi connectivity index (χ4n) is 3.49. The highest BCUT2D eigenvalue weighted by molar-refractivity contribution is 7.92. The standard InChI is InChI=1S/C23H21ClN2O2S2/c1-13-8-9-17(10-14(13)2)21-16(4)29-23-22(21)20(11-15(3)25-23)26-30(27,28)19-7-5-6-18(24)12-19/h5-12H,1-4H3,(H,25,26). The van der Waals surface area contributed by atoms with E-state index in [1.165, 1.54) is 23.3 Å². The smallest absolute Gasteiger partial charge is 0.261 e. The highest BCUT2D eigenvalue weighted by atomic mass is 35.5. The Morgan fingerprint density at radius 1 is 0.967 bits per heavy atom. The summed E-state index contributed by atoms with van der Waals surface area (Å²) in [6.45, 7) is 8.06. The minimum atomic E-state index is -3.81. The van der Waals surface area contributed by atoms with Crippen molar-refractivity contribution >= 4 is 48.9 Å². The number of nitrogens with one attached hydrogen (secondary N) is 1. The van der Waals surface area contributed by atoms with Crippen molar-refractivity contribution in [2.75, 3.05) is 4.72 Å². The molecule has 0 saturated carbocycles. The Labute approximate surface area is 185 Å². The molecule has 0 aliphatic heterocycles. The summed E-state index contributed by atoms with van der Waals surface area (Å²) in [7, 11) is -3.81. The van der Waals surface area contributed by atoms with Gasteiger partial charge in [-0.1, -0.05) is 35.9 Å². The van der Waals surface area contributed by atoms with Crippen molar-refractivity contribution in [2.45, 2.75) is 32.6 Å². The summed E-state index contributed by atoms with van der Waals surface area (Å²) in [6, 6.07) is 14.3. The molecule has 0 aliphatic carbocycles. The Hall–Kier alpha value is -2.41. The van der Waals surface area contributed by atoms with Crippen LogP contribution < -0.4 is 4.72 Å². The molecule has 2 aromatic heterocycles. The van der Waals surface area contributed by atoms with E-state index in [2.05, 4.69) is 41.8 Å². The van der Waals surface area contributed by atoms with Gasteiger partial charge < -0.3 is 0 Å². The van der Waals surface area contributed by atoms with E-state index in [0.717, 1.165) is 31.9 Å². The van der Waals surface area contributed by atoms with Gasteiger partial charge in [0.15, 0.2) is 0 Å². The van der Waals surface area contributed by atoms with E-state index in [1.54, 1.807) is 29.5 Å². The highest BCUT2D eigenvalue weighted by Gasteiger charge is 2.21. The van der Waals surface area contributed by atoms with E-state index in [-0.39, 0.29) is 4.90 Å². The first-order valence-electron chi connectivity index (χ1n) is 9.42. The third-order valence-electron chi connectivity index (χ3n) is 5.11. The van der Waals surface area contributed by atoms with Gasteiger partial charge >= 0.3 is 0 Å². The number of nitrogens with zero attached hydrogens (tertiary/aromatic N) is 1. The van der Waals surface area contributed by atoms with Crippen molar-refractivity contribution in [2.24, 2.45) is 0 Å². The zero-order valence-corrected chi connectivity index (χ0v) is 19.5. The lowest BCUT2D eigenvalue weighted by atomic mass is 9.98. The molecule has 0 radical (unpaired) electrons. The van der Waals surface area contributed by atoms with Crippen molar-refractivity contribution < 1.29 is 8.42 Å². The van der Waals surface area contributed by atoms with Gasteiger partial charge in [0.25, 0.3) is 10.0 Å². The normalized spacial score (nSPS) is 11.8. The lowest BCUT2D eigenvalue weighted by molar-refractivity contribution is 0.601. The van der Waals surface area contributed by atoms with Crippen LogP contribution in [0.25, 0.3) is 21.3 Å². The number of fused-ring (bicyclic) bond motifs is 1. The molecule has 0 atom stereocenters. The number of sulfonamides is 1. The molecule has 2 aromatic carbocycles. The Morgan fingerprint density at radius 3 is 2.43 bits per heavy atom. The summed E-state index contributed by atoms with van der Waals surface area (Å²) in [5, 5.41) is 1.19. The first-order chi connectivity index (χ1) is 14.2. The SMILES string of the molecule is Cc1cc(NS(=O)(=O)c2cccc(Cl)c2)c2c(-c3ccc(C)c(C)c3)c(C)sc2n1. The molecule has 7 heteroatoms. The van der Waals surface area contributed by atoms with Crippen molar-refractivity contribution in [1.29, 1.82) is 0 Å². The number of rotatable bonds is 4. The Balaban J connectivity index is 1.93. The second kappa shape index (κ2) is 7.69. The highest BCUT2D eigenvalue weighted by Crippen LogP contribution is 2.42. The number of hydrogen-bond acceptors (Lipinski definition) is 4. The van der Waals surface area contributed by atoms with Crippen LogP contribution in [0, 0.1) is 27.7 Å². The van der Waals surface area contributed by atoms with Crippen LogP contribution in [0.4, 0.5) is 5.69 Å². The van der Waals surface area contributed by atoms with E-state index in [1.807, 2.05) is 13.8 Å². The summed E-state index contributed by atoms with van der Waals surface area (Å²) >= 11 is 7.58. The van der Waals surface area contributed by atoms with Gasteiger partial charge in [0.1, 0.15) is 4.83 Å². The van der Waals surface area contributed by atoms with Crippen molar-refractivity contribution in [3.05, 3.63) is 75.3 Å². The Morgan fingerprint density at radius 2 is 1.73 bits per heavy atom. The van der Waals surface area contributed by atoms with E-state index in [0.29, 0.717) is 10.7 Å². The van der Waals surface area contributed by atoms with Crippen LogP contribution in [0.5, 0.6) is 0 Å². The molecule has 1 N–H and O–H groups in total. The van der Waals surface area contributed by atoms with Gasteiger partial charge in [-0.25, -0.2) is 13.4 Å². The van der Waals surface area contributed by atoms with Gasteiger partial charge in [0.2, 0.25) is 0 Å². The average molecular weight is 457 g/mol. The fourth-order valence-corrected chi connectivity index (χ4v) is 5.97. The summed E-state index contributed by atoms with van der Waals surface area (Å²) in [6.07, 6.45) is 0. The van der Waals surface area contributed by atoms with Crippen LogP contribution in [0.1, 0.15) is 21.7 Å². The first kappa shape index (κ1) is 20.8. The molecule has 4 aromatic rings. The molecule has 0 unspecified atom stereocenters. The molecule has 4 rings (SSSR count). The summed E-state index contributed by atoms with van der Waals surface area (Å²) in [5.41, 5.74) is 5.73. The molecule has 0 bridgehead atoms. The number of halogens is 1. The third-order valence-corrected chi connectivity index (χ3v) is 7.71. The van der Waals surface area contributed by atoms with E-state index >= 15 is 0 Å². The lowest BCUT2D eigenvalue weighted by Crippen LogP contribution is -2.13. The number of hydrogen-bond donors (Lipinski definition) is 1. The van der Waals surface area contributed by atoms with E-state index < -0.39 is 10.0 Å². The van der Waals surface area contributed by atoms with E-state index in [9.17, 15) is 8.42 Å². The largest absolute Gasteiger partial charge is 0.279 e. The molecule has 0 spiro atoms. The molecule has 4 nitrogen and oxygen atoms in total. The Kier molecular flexibility index (Phi) is 5.34. The first-order valence-corrected chi connectivity index (χ1v) is 12.1. The van der Waals surface area contributed by atoms with Crippen molar-refractivity contribution in [3.63, 3.8) is 0 Å². The van der Waals surface area contributed by atoms with E-state index in [4.69, 9.17) is 11.6 Å². The monoisotopic (exact) mass is 456 g/mol. The van der Waals surface area contributed by atoms with Crippen LogP contribution in [0.3, 0.4) is 0 Å². The number of benzene rings is 2. The molecule has 0 aliphatic rings. The topological polar surface area (TPSA) is 59.1 Å². The van der Waals surface area contributed by atoms with Gasteiger partial charge in [-0.2, -0.15) is 0 Å². The number of anilines is 1. The lowest BCUT2D eigenvalue weighted by Gasteiger charge is -2.13. The van der Waals surface area contributed by atoms with Crippen LogP contribution in [-0.4, -0.2) is 13.4 Å². The predicted molar refractivity (Wildman–Crippen MR) is 126 cm³/mol. The number of thiophene rings is 1. The van der Waals surface area contributed by atoms with Gasteiger partial charge in [-0.15, -0.1) is 11.3 Å². The zero-order valence-electron chi connectivity index (χ0n) is 17.1. The number of aromatic nitrogens is 1. The quantitative estimate of drug-likeness (QED) is 0.374. The molecule has 0 saturated heterocycles. The maximum absolute atomic E-state index is 13.1. The second-order valence-electron chi connectivity index (χ2n) is 7.39. The van der Waals surface area contributed by atoms with Crippen LogP contribution >= 0.6 is 22.9 Å². The summed E-state index contributed by atoms with van der Waals surface area (Å²) < 4.78 is 28.9. The molecule has 154 valence electrons. The molecular weight excluding hydrogens is 436 g/mol. The van der Waals surface area contributed by atoms with Crippen LogP contribution in [-0.2, 0) is 10.0 Å². The minimum absolute atomic E-state index is 0.122. The summed E-state index contributed by atoms with van der Waals surface area (Å²) in [5.74, 6) is 0. The molecule has 2 heterocycles. The predicted octanol–water partition coefficient (Wildman–Crippen LogP) is 6.65. The third kappa shape index (κ3) is 3.83. The van der Waals surface area contributed by atoms with Crippen molar-refractivity contribution in [3.8, 4) is 11.1 Å². The van der Waals surface area contributed by atoms with Gasteiger partial charge in [0, 0.05) is 26.5 Å². The fraction of sp³-hybridized carbons (Fsp3) is 0.174. The van der Waals surface area contributed by atoms with Gasteiger partial charge in [-0.3, -0.25) is 4.72 Å². The Bertz CT molecular complexity index is 1390. The second-order valence-corrected chi connectivity index (χ2v) is 10.7. The van der Waals surface area contributed by atoms with Crippen LogP contribution in [0.2, 0.25) is 5.02 Å². The zero-order chi connectivity index (χ0) is 21.6. The summed E-state index contributed by atoms with van der Waals surface area (Å²) in [4.78, 5) is 6.69. The van der Waals surface area contributed by atoms with Crippen molar-refractivity contribution in [1.82, 2.24) is 4.98 Å². The maximum Gasteiger partial charge on any atom is 0.261 e. The molecular formula is C23H21ClN2O2S2. The molecule has 30 heavy (non-hydrogen) atoms. The molecule has 0 fully saturated rings. The number of pyridine rings is 1. The molecule has 0 amide bonds. The van der Waals surface area contributed by atoms with Gasteiger partial charge in [0.05, 0.1) is 10.6 Å².